The van der Waals surface area contributed by atoms with Crippen LogP contribution in [-0.2, 0) is 9.59 Å². The smallest absolute Gasteiger partial charge is 0.253 e. The second-order valence-corrected chi connectivity index (χ2v) is 5.95. The van der Waals surface area contributed by atoms with Crippen LogP contribution in [0.25, 0.3) is 0 Å². The first-order valence-corrected chi connectivity index (χ1v) is 8.08. The van der Waals surface area contributed by atoms with E-state index in [1.54, 1.807) is 24.3 Å². The number of hydrogen-bond acceptors (Lipinski definition) is 4. The van der Waals surface area contributed by atoms with Crippen molar-refractivity contribution < 1.29 is 14.4 Å². The number of hydrogen-bond donors (Lipinski definition) is 2. The summed E-state index contributed by atoms with van der Waals surface area (Å²) < 4.78 is 0. The largest absolute Gasteiger partial charge is 0.356 e. The van der Waals surface area contributed by atoms with Crippen molar-refractivity contribution in [2.75, 3.05) is 45.1 Å². The molecule has 130 valence electrons. The average molecular weight is 332 g/mol. The molecule has 7 heteroatoms. The van der Waals surface area contributed by atoms with E-state index < -0.39 is 0 Å². The molecule has 3 amide bonds. The zero-order chi connectivity index (χ0) is 17.5. The van der Waals surface area contributed by atoms with E-state index in [0.717, 1.165) is 26.2 Å². The van der Waals surface area contributed by atoms with Gasteiger partial charge in [-0.3, -0.25) is 14.4 Å². The summed E-state index contributed by atoms with van der Waals surface area (Å²) in [5.41, 5.74) is 1.26. The van der Waals surface area contributed by atoms with Gasteiger partial charge >= 0.3 is 0 Å². The number of anilines is 1. The Morgan fingerprint density at radius 2 is 1.67 bits per heavy atom. The maximum atomic E-state index is 12.4. The van der Waals surface area contributed by atoms with Crippen molar-refractivity contribution in [2.24, 2.45) is 0 Å². The van der Waals surface area contributed by atoms with Crippen LogP contribution in [-0.4, -0.2) is 67.3 Å². The van der Waals surface area contributed by atoms with Gasteiger partial charge < -0.3 is 20.4 Å². The standard InChI is InChI=1S/C17H24N4O3/c1-13(22)18-8-7-16(23)19-15-5-3-14(4-6-15)17(24)21-11-9-20(2)10-12-21/h3-6H,7-12H2,1-2H3,(H,18,22)(H,19,23). The number of nitrogens with one attached hydrogen (secondary N) is 2. The summed E-state index contributed by atoms with van der Waals surface area (Å²) in [5.74, 6) is -0.317. The van der Waals surface area contributed by atoms with Gasteiger partial charge in [-0.1, -0.05) is 0 Å². The van der Waals surface area contributed by atoms with Crippen LogP contribution in [0.5, 0.6) is 0 Å². The van der Waals surface area contributed by atoms with Crippen molar-refractivity contribution in [3.63, 3.8) is 0 Å². The van der Waals surface area contributed by atoms with Gasteiger partial charge in [0.25, 0.3) is 5.91 Å². The minimum atomic E-state index is -0.179. The molecule has 24 heavy (non-hydrogen) atoms. The van der Waals surface area contributed by atoms with E-state index in [1.807, 2.05) is 11.9 Å². The van der Waals surface area contributed by atoms with Crippen LogP contribution < -0.4 is 10.6 Å². The lowest BCUT2D eigenvalue weighted by Crippen LogP contribution is -2.47. The first-order valence-electron chi connectivity index (χ1n) is 8.08. The summed E-state index contributed by atoms with van der Waals surface area (Å²) in [6.45, 7) is 4.95. The lowest BCUT2D eigenvalue weighted by molar-refractivity contribution is -0.119. The van der Waals surface area contributed by atoms with Gasteiger partial charge in [-0.15, -0.1) is 0 Å². The Morgan fingerprint density at radius 1 is 1.04 bits per heavy atom. The molecule has 1 aromatic rings. The lowest BCUT2D eigenvalue weighted by atomic mass is 10.1. The van der Waals surface area contributed by atoms with Crippen LogP contribution in [0.15, 0.2) is 24.3 Å². The van der Waals surface area contributed by atoms with Crippen LogP contribution in [0.1, 0.15) is 23.7 Å². The highest BCUT2D eigenvalue weighted by molar-refractivity contribution is 5.96. The summed E-state index contributed by atoms with van der Waals surface area (Å²) in [5, 5.41) is 5.32. The third kappa shape index (κ3) is 5.34. The van der Waals surface area contributed by atoms with E-state index in [9.17, 15) is 14.4 Å². The molecule has 0 bridgehead atoms. The number of carbonyl (C=O) groups is 3. The van der Waals surface area contributed by atoms with E-state index in [0.29, 0.717) is 17.8 Å². The summed E-state index contributed by atoms with van der Waals surface area (Å²) in [6.07, 6.45) is 0.210. The van der Waals surface area contributed by atoms with Gasteiger partial charge in [-0.05, 0) is 31.3 Å². The fourth-order valence-corrected chi connectivity index (χ4v) is 2.46. The molecule has 0 unspecified atom stereocenters. The minimum absolute atomic E-state index is 0.0200. The topological polar surface area (TPSA) is 81.8 Å². The van der Waals surface area contributed by atoms with Gasteiger partial charge in [-0.25, -0.2) is 0 Å². The predicted octanol–water partition coefficient (Wildman–Crippen LogP) is 0.539. The molecule has 2 rings (SSSR count). The molecule has 2 N–H and O–H groups in total. The number of carbonyl (C=O) groups excluding carboxylic acids is 3. The van der Waals surface area contributed by atoms with Crippen LogP contribution in [0.2, 0.25) is 0 Å². The van der Waals surface area contributed by atoms with Gasteiger partial charge in [0.1, 0.15) is 0 Å². The van der Waals surface area contributed by atoms with Crippen molar-refractivity contribution >= 4 is 23.4 Å². The molecule has 1 saturated heterocycles. The maximum absolute atomic E-state index is 12.4. The van der Waals surface area contributed by atoms with E-state index in [4.69, 9.17) is 0 Å². The molecule has 0 aromatic heterocycles. The Balaban J connectivity index is 1.85. The number of amides is 3. The fraction of sp³-hybridized carbons (Fsp3) is 0.471. The first-order chi connectivity index (χ1) is 11.5. The number of likely N-dealkylation sites (N-methyl/N-ethyl adjacent to an activating group) is 1. The van der Waals surface area contributed by atoms with E-state index >= 15 is 0 Å². The van der Waals surface area contributed by atoms with Gasteiger partial charge in [0, 0.05) is 57.3 Å². The van der Waals surface area contributed by atoms with Crippen molar-refractivity contribution in [2.45, 2.75) is 13.3 Å². The molecular weight excluding hydrogens is 308 g/mol. The zero-order valence-corrected chi connectivity index (χ0v) is 14.2. The summed E-state index contributed by atoms with van der Waals surface area (Å²) in [4.78, 5) is 39.0. The molecule has 1 aromatic carbocycles. The predicted molar refractivity (Wildman–Crippen MR) is 91.8 cm³/mol. The number of benzene rings is 1. The lowest BCUT2D eigenvalue weighted by Gasteiger charge is -2.32. The van der Waals surface area contributed by atoms with Gasteiger partial charge in [0.05, 0.1) is 0 Å². The van der Waals surface area contributed by atoms with Crippen LogP contribution in [0.4, 0.5) is 5.69 Å². The molecule has 0 spiro atoms. The molecule has 1 aliphatic rings. The molecule has 1 fully saturated rings. The summed E-state index contributed by atoms with van der Waals surface area (Å²) >= 11 is 0. The Bertz CT molecular complexity index is 592. The highest BCUT2D eigenvalue weighted by Crippen LogP contribution is 2.13. The molecule has 0 radical (unpaired) electrons. The Labute approximate surface area is 142 Å². The SMILES string of the molecule is CC(=O)NCCC(=O)Nc1ccc(C(=O)N2CCN(C)CC2)cc1. The average Bonchev–Trinajstić information content (AvgIpc) is 2.55. The Morgan fingerprint density at radius 3 is 2.25 bits per heavy atom. The van der Waals surface area contributed by atoms with Gasteiger partial charge in [0.15, 0.2) is 0 Å². The number of rotatable bonds is 5. The summed E-state index contributed by atoms with van der Waals surface area (Å²) in [7, 11) is 2.05. The quantitative estimate of drug-likeness (QED) is 0.824. The van der Waals surface area contributed by atoms with E-state index in [2.05, 4.69) is 15.5 Å². The molecule has 0 atom stereocenters. The summed E-state index contributed by atoms with van der Waals surface area (Å²) in [6, 6.07) is 6.90. The molecular formula is C17H24N4O3. The fourth-order valence-electron chi connectivity index (χ4n) is 2.46. The maximum Gasteiger partial charge on any atom is 0.253 e. The molecule has 1 heterocycles. The van der Waals surface area contributed by atoms with Crippen LogP contribution in [0.3, 0.4) is 0 Å². The zero-order valence-electron chi connectivity index (χ0n) is 14.2. The minimum Gasteiger partial charge on any atom is -0.356 e. The first kappa shape index (κ1) is 17.9. The monoisotopic (exact) mass is 332 g/mol. The molecule has 0 saturated carbocycles. The molecule has 1 aliphatic heterocycles. The highest BCUT2D eigenvalue weighted by Gasteiger charge is 2.20. The van der Waals surface area contributed by atoms with Crippen LogP contribution >= 0.6 is 0 Å². The van der Waals surface area contributed by atoms with E-state index in [1.165, 1.54) is 6.92 Å². The van der Waals surface area contributed by atoms with Crippen molar-refractivity contribution in [3.8, 4) is 0 Å². The number of piperazine rings is 1. The second kappa shape index (κ2) is 8.44. The Hall–Kier alpha value is -2.41. The second-order valence-electron chi connectivity index (χ2n) is 5.95. The third-order valence-electron chi connectivity index (χ3n) is 3.93. The van der Waals surface area contributed by atoms with Crippen LogP contribution in [0, 0.1) is 0 Å². The van der Waals surface area contributed by atoms with E-state index in [-0.39, 0.29) is 24.1 Å². The molecule has 7 nitrogen and oxygen atoms in total. The molecule has 0 aliphatic carbocycles. The van der Waals surface area contributed by atoms with Crippen molar-refractivity contribution in [3.05, 3.63) is 29.8 Å². The highest BCUT2D eigenvalue weighted by atomic mass is 16.2. The van der Waals surface area contributed by atoms with Gasteiger partial charge in [0.2, 0.25) is 11.8 Å². The Kier molecular flexibility index (Phi) is 6.31. The van der Waals surface area contributed by atoms with Crippen molar-refractivity contribution in [1.29, 1.82) is 0 Å². The normalized spacial score (nSPS) is 15.0. The van der Waals surface area contributed by atoms with Crippen molar-refractivity contribution in [1.82, 2.24) is 15.1 Å². The number of nitrogens with zero attached hydrogens (tertiary/aromatic N) is 2. The third-order valence-corrected chi connectivity index (χ3v) is 3.93. The van der Waals surface area contributed by atoms with Gasteiger partial charge in [-0.2, -0.15) is 0 Å².